The average molecular weight is 589 g/mol. The molecule has 0 aliphatic heterocycles. The Kier molecular flexibility index (Phi) is 10.4. The minimum atomic E-state index is -5.03. The standard InChI is InChI=1S/C30H35F3N4O5/c1-29(2,3)22-11-9-20(10-12-22)26(19-5-7-21(8-6-19)27(40)35-15-14-25(38)39)37-28(41)36-23-13-4-18(17-34)16-24(23)42-30(31,32)33/h4-8,13,16,20,22,26H,9-12,14-15H2,1-3H3,(H,35,40)(H,38,39)(H2,36,37,41)/t20-,22-,26?. The van der Waals surface area contributed by atoms with Crippen LogP contribution < -0.4 is 20.7 Å². The highest BCUT2D eigenvalue weighted by Gasteiger charge is 2.35. The molecule has 2 aromatic carbocycles. The van der Waals surface area contributed by atoms with Gasteiger partial charge in [-0.2, -0.15) is 5.26 Å². The van der Waals surface area contributed by atoms with Crippen molar-refractivity contribution in [3.8, 4) is 11.8 Å². The van der Waals surface area contributed by atoms with Gasteiger partial charge in [0.2, 0.25) is 0 Å². The molecule has 42 heavy (non-hydrogen) atoms. The van der Waals surface area contributed by atoms with Crippen molar-refractivity contribution < 1.29 is 37.4 Å². The normalized spacial score (nSPS) is 17.8. The zero-order chi connectivity index (χ0) is 31.1. The second kappa shape index (κ2) is 13.6. The van der Waals surface area contributed by atoms with E-state index in [4.69, 9.17) is 10.4 Å². The number of rotatable bonds is 9. The van der Waals surface area contributed by atoms with Crippen LogP contribution in [0, 0.1) is 28.6 Å². The largest absolute Gasteiger partial charge is 0.573 e. The number of alkyl halides is 3. The van der Waals surface area contributed by atoms with Crippen LogP contribution in [0.15, 0.2) is 42.5 Å². The van der Waals surface area contributed by atoms with Crippen LogP contribution in [-0.4, -0.2) is 35.9 Å². The summed E-state index contributed by atoms with van der Waals surface area (Å²) in [6.07, 6.45) is -1.74. The van der Waals surface area contributed by atoms with Gasteiger partial charge in [-0.1, -0.05) is 32.9 Å². The highest BCUT2D eigenvalue weighted by atomic mass is 19.4. The quantitative estimate of drug-likeness (QED) is 0.268. The molecule has 1 unspecified atom stereocenters. The number of nitrogens with one attached hydrogen (secondary N) is 3. The van der Waals surface area contributed by atoms with Crippen molar-refractivity contribution in [3.63, 3.8) is 0 Å². The van der Waals surface area contributed by atoms with E-state index < -0.39 is 36.1 Å². The van der Waals surface area contributed by atoms with Crippen LogP contribution >= 0.6 is 0 Å². The lowest BCUT2D eigenvalue weighted by molar-refractivity contribution is -0.274. The number of amides is 3. The fourth-order valence-corrected chi connectivity index (χ4v) is 5.22. The first-order valence-corrected chi connectivity index (χ1v) is 13.6. The van der Waals surface area contributed by atoms with Crippen LogP contribution in [0.5, 0.6) is 5.75 Å². The molecule has 4 N–H and O–H groups in total. The van der Waals surface area contributed by atoms with Crippen molar-refractivity contribution in [2.24, 2.45) is 17.3 Å². The Labute approximate surface area is 242 Å². The number of carboxylic acids is 1. The first-order valence-electron chi connectivity index (χ1n) is 13.6. The second-order valence-electron chi connectivity index (χ2n) is 11.4. The lowest BCUT2D eigenvalue weighted by atomic mass is 9.68. The molecule has 9 nitrogen and oxygen atoms in total. The van der Waals surface area contributed by atoms with Gasteiger partial charge in [-0.3, -0.25) is 9.59 Å². The first-order chi connectivity index (χ1) is 19.7. The van der Waals surface area contributed by atoms with E-state index in [1.54, 1.807) is 30.3 Å². The monoisotopic (exact) mass is 588 g/mol. The van der Waals surface area contributed by atoms with Crippen molar-refractivity contribution in [2.45, 2.75) is 65.3 Å². The van der Waals surface area contributed by atoms with Crippen molar-refractivity contribution >= 4 is 23.6 Å². The predicted octanol–water partition coefficient (Wildman–Crippen LogP) is 6.38. The van der Waals surface area contributed by atoms with Gasteiger partial charge in [0.25, 0.3) is 5.91 Å². The minimum Gasteiger partial charge on any atom is -0.481 e. The molecule has 226 valence electrons. The fraction of sp³-hybridized carbons (Fsp3) is 0.467. The SMILES string of the molecule is CC(C)(C)[C@H]1CC[C@H](C(NC(=O)Nc2ccc(C#N)cc2OC(F)(F)F)c2ccc(C(=O)NCCC(=O)O)cc2)CC1. The summed E-state index contributed by atoms with van der Waals surface area (Å²) in [5.41, 5.74) is 0.826. The molecule has 1 saturated carbocycles. The van der Waals surface area contributed by atoms with Crippen LogP contribution in [0.25, 0.3) is 0 Å². The number of aliphatic carboxylic acids is 1. The Morgan fingerprint density at radius 1 is 1.05 bits per heavy atom. The van der Waals surface area contributed by atoms with Gasteiger partial charge in [-0.25, -0.2) is 4.79 Å². The molecule has 0 aromatic heterocycles. The predicted molar refractivity (Wildman–Crippen MR) is 149 cm³/mol. The molecule has 2 aromatic rings. The lowest BCUT2D eigenvalue weighted by Gasteiger charge is -2.39. The molecular formula is C30H35F3N4O5. The molecule has 3 rings (SSSR count). The molecule has 1 atom stereocenters. The van der Waals surface area contributed by atoms with E-state index >= 15 is 0 Å². The van der Waals surface area contributed by atoms with Gasteiger partial charge in [0, 0.05) is 18.2 Å². The van der Waals surface area contributed by atoms with Crippen LogP contribution in [0.1, 0.15) is 80.4 Å². The van der Waals surface area contributed by atoms with E-state index in [9.17, 15) is 27.6 Å². The van der Waals surface area contributed by atoms with Gasteiger partial charge in [0.15, 0.2) is 5.75 Å². The summed E-state index contributed by atoms with van der Waals surface area (Å²) in [4.78, 5) is 36.3. The van der Waals surface area contributed by atoms with Gasteiger partial charge in [-0.15, -0.1) is 13.2 Å². The maximum absolute atomic E-state index is 13.1. The van der Waals surface area contributed by atoms with Gasteiger partial charge >= 0.3 is 18.4 Å². The van der Waals surface area contributed by atoms with E-state index in [0.29, 0.717) is 17.0 Å². The number of carbonyl (C=O) groups excluding carboxylic acids is 2. The lowest BCUT2D eigenvalue weighted by Crippen LogP contribution is -2.39. The van der Waals surface area contributed by atoms with Crippen molar-refractivity contribution in [1.29, 1.82) is 5.26 Å². The number of urea groups is 1. The number of nitriles is 1. The van der Waals surface area contributed by atoms with Gasteiger partial charge in [-0.05, 0) is 72.8 Å². The van der Waals surface area contributed by atoms with Gasteiger partial charge in [0.1, 0.15) is 0 Å². The zero-order valence-corrected chi connectivity index (χ0v) is 23.7. The number of halogens is 3. The topological polar surface area (TPSA) is 141 Å². The van der Waals surface area contributed by atoms with E-state index in [1.165, 1.54) is 12.1 Å². The van der Waals surface area contributed by atoms with Crippen molar-refractivity contribution in [3.05, 3.63) is 59.2 Å². The fourth-order valence-electron chi connectivity index (χ4n) is 5.22. The minimum absolute atomic E-state index is 0.0212. The highest BCUT2D eigenvalue weighted by molar-refractivity contribution is 5.94. The molecule has 1 aliphatic rings. The Morgan fingerprint density at radius 3 is 2.24 bits per heavy atom. The highest BCUT2D eigenvalue weighted by Crippen LogP contribution is 2.43. The van der Waals surface area contributed by atoms with Gasteiger partial charge < -0.3 is 25.8 Å². The number of carboxylic acid groups (broad SMARTS) is 1. The Bertz CT molecular complexity index is 1310. The van der Waals surface area contributed by atoms with Crippen LogP contribution in [0.4, 0.5) is 23.7 Å². The van der Waals surface area contributed by atoms with Gasteiger partial charge in [0.05, 0.1) is 29.8 Å². The molecule has 0 bridgehead atoms. The number of benzene rings is 2. The number of ether oxygens (including phenoxy) is 1. The summed E-state index contributed by atoms with van der Waals surface area (Å²) >= 11 is 0. The molecule has 0 radical (unpaired) electrons. The van der Waals surface area contributed by atoms with Crippen LogP contribution in [0.2, 0.25) is 0 Å². The third-order valence-corrected chi connectivity index (χ3v) is 7.50. The molecule has 0 spiro atoms. The summed E-state index contributed by atoms with van der Waals surface area (Å²) in [5, 5.41) is 25.7. The van der Waals surface area contributed by atoms with E-state index in [-0.39, 0.29) is 35.5 Å². The summed E-state index contributed by atoms with van der Waals surface area (Å²) in [6, 6.07) is 10.4. The second-order valence-corrected chi connectivity index (χ2v) is 11.4. The summed E-state index contributed by atoms with van der Waals surface area (Å²) in [6.45, 7) is 6.56. The third kappa shape index (κ3) is 9.39. The maximum atomic E-state index is 13.1. The Balaban J connectivity index is 1.82. The first kappa shape index (κ1) is 32.2. The molecular weight excluding hydrogens is 553 g/mol. The number of anilines is 1. The Morgan fingerprint density at radius 2 is 1.69 bits per heavy atom. The Hall–Kier alpha value is -4.27. The summed E-state index contributed by atoms with van der Waals surface area (Å²) in [7, 11) is 0. The van der Waals surface area contributed by atoms with Crippen molar-refractivity contribution in [1.82, 2.24) is 10.6 Å². The number of carbonyl (C=O) groups is 3. The molecule has 1 aliphatic carbocycles. The zero-order valence-electron chi connectivity index (χ0n) is 23.7. The van der Waals surface area contributed by atoms with E-state index in [1.807, 2.05) is 0 Å². The summed E-state index contributed by atoms with van der Waals surface area (Å²) in [5.74, 6) is -1.65. The van der Waals surface area contributed by atoms with Crippen LogP contribution in [0.3, 0.4) is 0 Å². The van der Waals surface area contributed by atoms with Crippen molar-refractivity contribution in [2.75, 3.05) is 11.9 Å². The van der Waals surface area contributed by atoms with Crippen LogP contribution in [-0.2, 0) is 4.79 Å². The molecule has 3 amide bonds. The number of hydrogen-bond acceptors (Lipinski definition) is 5. The molecule has 12 heteroatoms. The molecule has 1 fully saturated rings. The number of nitrogens with zero attached hydrogens (tertiary/aromatic N) is 1. The average Bonchev–Trinajstić information content (AvgIpc) is 2.91. The maximum Gasteiger partial charge on any atom is 0.573 e. The summed E-state index contributed by atoms with van der Waals surface area (Å²) < 4.78 is 43.0. The molecule has 0 heterocycles. The molecule has 0 saturated heterocycles. The smallest absolute Gasteiger partial charge is 0.481 e. The third-order valence-electron chi connectivity index (χ3n) is 7.50. The van der Waals surface area contributed by atoms with E-state index in [2.05, 4.69) is 41.5 Å². The van der Waals surface area contributed by atoms with E-state index in [0.717, 1.165) is 31.7 Å². The number of hydrogen-bond donors (Lipinski definition) is 4.